The lowest BCUT2D eigenvalue weighted by Gasteiger charge is -2.05. The lowest BCUT2D eigenvalue weighted by Crippen LogP contribution is -1.99. The summed E-state index contributed by atoms with van der Waals surface area (Å²) in [5.41, 5.74) is 0. The Balaban J connectivity index is 1.98. The molecular formula is C8H13N3S. The molecular weight excluding hydrogens is 170 g/mol. The number of hydrogen-bond donors (Lipinski definition) is 0. The van der Waals surface area contributed by atoms with Crippen LogP contribution in [0.4, 0.5) is 0 Å². The van der Waals surface area contributed by atoms with Gasteiger partial charge in [0.05, 0.1) is 0 Å². The quantitative estimate of drug-likeness (QED) is 0.701. The fraction of sp³-hybridized carbons (Fsp3) is 0.750. The van der Waals surface area contributed by atoms with E-state index in [1.165, 1.54) is 25.7 Å². The molecule has 1 aliphatic rings. The van der Waals surface area contributed by atoms with Crippen LogP contribution < -0.4 is 0 Å². The standard InChI is InChI=1S/C8H13N3S/c1-11-8(9-6-10-11)12-7-4-2-3-5-7/h6-7H,2-5H2,1H3. The summed E-state index contributed by atoms with van der Waals surface area (Å²) in [5.74, 6) is 0. The van der Waals surface area contributed by atoms with Crippen molar-refractivity contribution in [2.24, 2.45) is 7.05 Å². The van der Waals surface area contributed by atoms with Crippen LogP contribution in [-0.2, 0) is 7.05 Å². The second-order valence-electron chi connectivity index (χ2n) is 3.19. The highest BCUT2D eigenvalue weighted by Gasteiger charge is 2.17. The third-order valence-corrected chi connectivity index (χ3v) is 3.63. The van der Waals surface area contributed by atoms with E-state index in [1.54, 1.807) is 6.33 Å². The van der Waals surface area contributed by atoms with E-state index in [9.17, 15) is 0 Å². The first kappa shape index (κ1) is 8.10. The van der Waals surface area contributed by atoms with Crippen LogP contribution in [0.2, 0.25) is 0 Å². The van der Waals surface area contributed by atoms with Gasteiger partial charge in [0.1, 0.15) is 6.33 Å². The van der Waals surface area contributed by atoms with E-state index in [2.05, 4.69) is 10.1 Å². The molecule has 0 aliphatic heterocycles. The Labute approximate surface area is 76.6 Å². The van der Waals surface area contributed by atoms with Crippen molar-refractivity contribution in [1.29, 1.82) is 0 Å². The summed E-state index contributed by atoms with van der Waals surface area (Å²) >= 11 is 1.87. The van der Waals surface area contributed by atoms with Gasteiger partial charge in [0.15, 0.2) is 5.16 Å². The van der Waals surface area contributed by atoms with E-state index in [4.69, 9.17) is 0 Å². The molecule has 4 heteroatoms. The number of rotatable bonds is 2. The molecule has 0 amide bonds. The summed E-state index contributed by atoms with van der Waals surface area (Å²) in [6.45, 7) is 0. The van der Waals surface area contributed by atoms with Gasteiger partial charge in [0, 0.05) is 12.3 Å². The van der Waals surface area contributed by atoms with Crippen molar-refractivity contribution in [3.8, 4) is 0 Å². The van der Waals surface area contributed by atoms with Gasteiger partial charge in [0.25, 0.3) is 0 Å². The third kappa shape index (κ3) is 1.63. The van der Waals surface area contributed by atoms with Gasteiger partial charge in [-0.2, -0.15) is 5.10 Å². The Kier molecular flexibility index (Phi) is 2.35. The number of nitrogens with zero attached hydrogens (tertiary/aromatic N) is 3. The van der Waals surface area contributed by atoms with Gasteiger partial charge in [-0.3, -0.25) is 0 Å². The van der Waals surface area contributed by atoms with Crippen molar-refractivity contribution in [3.05, 3.63) is 6.33 Å². The van der Waals surface area contributed by atoms with Crippen molar-refractivity contribution < 1.29 is 0 Å². The largest absolute Gasteiger partial charge is 0.244 e. The molecule has 0 aromatic carbocycles. The van der Waals surface area contributed by atoms with Crippen molar-refractivity contribution in [2.45, 2.75) is 36.1 Å². The van der Waals surface area contributed by atoms with Crippen LogP contribution >= 0.6 is 11.8 Å². The minimum atomic E-state index is 0.785. The van der Waals surface area contributed by atoms with Gasteiger partial charge in [-0.15, -0.1) is 0 Å². The Hall–Kier alpha value is -0.510. The number of thioether (sulfide) groups is 1. The maximum Gasteiger partial charge on any atom is 0.186 e. The minimum absolute atomic E-state index is 0.785. The number of aryl methyl sites for hydroxylation is 1. The van der Waals surface area contributed by atoms with Crippen LogP contribution in [0.1, 0.15) is 25.7 Å². The minimum Gasteiger partial charge on any atom is -0.244 e. The topological polar surface area (TPSA) is 30.7 Å². The molecule has 3 nitrogen and oxygen atoms in total. The average molecular weight is 183 g/mol. The van der Waals surface area contributed by atoms with Gasteiger partial charge in [-0.25, -0.2) is 9.67 Å². The van der Waals surface area contributed by atoms with Gasteiger partial charge in [-0.05, 0) is 12.8 Å². The Morgan fingerprint density at radius 2 is 2.25 bits per heavy atom. The summed E-state index contributed by atoms with van der Waals surface area (Å²) in [4.78, 5) is 4.19. The highest BCUT2D eigenvalue weighted by atomic mass is 32.2. The van der Waals surface area contributed by atoms with E-state index in [0.29, 0.717) is 0 Å². The molecule has 2 rings (SSSR count). The van der Waals surface area contributed by atoms with E-state index in [-0.39, 0.29) is 0 Å². The van der Waals surface area contributed by atoms with Gasteiger partial charge in [-0.1, -0.05) is 24.6 Å². The van der Waals surface area contributed by atoms with E-state index < -0.39 is 0 Å². The lowest BCUT2D eigenvalue weighted by atomic mass is 10.4. The van der Waals surface area contributed by atoms with Crippen LogP contribution in [0, 0.1) is 0 Å². The van der Waals surface area contributed by atoms with Crippen molar-refractivity contribution in [3.63, 3.8) is 0 Å². The van der Waals surface area contributed by atoms with E-state index in [0.717, 1.165) is 10.4 Å². The first-order valence-electron chi connectivity index (χ1n) is 4.37. The summed E-state index contributed by atoms with van der Waals surface area (Å²) in [6.07, 6.45) is 7.08. The van der Waals surface area contributed by atoms with Crippen molar-refractivity contribution in [1.82, 2.24) is 14.8 Å². The molecule has 1 aliphatic carbocycles. The molecule has 1 saturated carbocycles. The highest BCUT2D eigenvalue weighted by Crippen LogP contribution is 2.32. The van der Waals surface area contributed by atoms with E-state index >= 15 is 0 Å². The zero-order valence-electron chi connectivity index (χ0n) is 7.23. The summed E-state index contributed by atoms with van der Waals surface area (Å²) in [5, 5.41) is 5.89. The summed E-state index contributed by atoms with van der Waals surface area (Å²) < 4.78 is 1.85. The molecule has 1 heterocycles. The molecule has 12 heavy (non-hydrogen) atoms. The first-order valence-corrected chi connectivity index (χ1v) is 5.25. The zero-order valence-corrected chi connectivity index (χ0v) is 8.05. The second-order valence-corrected chi connectivity index (χ2v) is 4.46. The monoisotopic (exact) mass is 183 g/mol. The number of aromatic nitrogens is 3. The van der Waals surface area contributed by atoms with Crippen LogP contribution in [0.15, 0.2) is 11.5 Å². The van der Waals surface area contributed by atoms with Gasteiger partial charge >= 0.3 is 0 Å². The molecule has 0 atom stereocenters. The van der Waals surface area contributed by atoms with Gasteiger partial charge < -0.3 is 0 Å². The number of hydrogen-bond acceptors (Lipinski definition) is 3. The molecule has 1 aromatic rings. The molecule has 66 valence electrons. The third-order valence-electron chi connectivity index (χ3n) is 2.24. The van der Waals surface area contributed by atoms with Crippen LogP contribution in [-0.4, -0.2) is 20.0 Å². The van der Waals surface area contributed by atoms with E-state index in [1.807, 2.05) is 23.5 Å². The van der Waals surface area contributed by atoms with Crippen molar-refractivity contribution >= 4 is 11.8 Å². The molecule has 0 bridgehead atoms. The maximum absolute atomic E-state index is 4.19. The average Bonchev–Trinajstić information content (AvgIpc) is 2.65. The Morgan fingerprint density at radius 1 is 1.50 bits per heavy atom. The molecule has 1 fully saturated rings. The SMILES string of the molecule is Cn1ncnc1SC1CCCC1. The lowest BCUT2D eigenvalue weighted by molar-refractivity contribution is 0.682. The molecule has 0 unspecified atom stereocenters. The Bertz CT molecular complexity index is 253. The highest BCUT2D eigenvalue weighted by molar-refractivity contribution is 7.99. The fourth-order valence-corrected chi connectivity index (χ4v) is 2.72. The Morgan fingerprint density at radius 3 is 2.83 bits per heavy atom. The second kappa shape index (κ2) is 3.47. The first-order chi connectivity index (χ1) is 5.86. The summed E-state index contributed by atoms with van der Waals surface area (Å²) in [7, 11) is 1.95. The molecule has 1 aromatic heterocycles. The molecule has 0 spiro atoms. The van der Waals surface area contributed by atoms with Crippen LogP contribution in [0.25, 0.3) is 0 Å². The predicted molar refractivity (Wildman–Crippen MR) is 49.1 cm³/mol. The summed E-state index contributed by atoms with van der Waals surface area (Å²) in [6, 6.07) is 0. The fourth-order valence-electron chi connectivity index (χ4n) is 1.55. The van der Waals surface area contributed by atoms with Crippen molar-refractivity contribution in [2.75, 3.05) is 0 Å². The maximum atomic E-state index is 4.19. The molecule has 0 radical (unpaired) electrons. The molecule has 0 N–H and O–H groups in total. The smallest absolute Gasteiger partial charge is 0.186 e. The molecule has 0 saturated heterocycles. The zero-order chi connectivity index (χ0) is 8.39. The normalized spacial score (nSPS) is 18.8. The van der Waals surface area contributed by atoms with Crippen LogP contribution in [0.3, 0.4) is 0 Å². The van der Waals surface area contributed by atoms with Gasteiger partial charge in [0.2, 0.25) is 0 Å². The van der Waals surface area contributed by atoms with Crippen LogP contribution in [0.5, 0.6) is 0 Å². The predicted octanol–water partition coefficient (Wildman–Crippen LogP) is 1.85.